The molecule has 18 heavy (non-hydrogen) atoms. The van der Waals surface area contributed by atoms with Gasteiger partial charge in [0.05, 0.1) is 0 Å². The Morgan fingerprint density at radius 2 is 1.83 bits per heavy atom. The van der Waals surface area contributed by atoms with Crippen LogP contribution in [0.2, 0.25) is 0 Å². The van der Waals surface area contributed by atoms with Gasteiger partial charge in [-0.15, -0.1) is 0 Å². The summed E-state index contributed by atoms with van der Waals surface area (Å²) < 4.78 is 0. The molecule has 0 aromatic heterocycles. The third-order valence-corrected chi connectivity index (χ3v) is 4.27. The van der Waals surface area contributed by atoms with E-state index in [0.29, 0.717) is 6.04 Å². The van der Waals surface area contributed by atoms with Crippen LogP contribution in [0.25, 0.3) is 0 Å². The summed E-state index contributed by atoms with van der Waals surface area (Å²) in [6.45, 7) is 6.14. The maximum absolute atomic E-state index is 12.1. The molecule has 2 fully saturated rings. The number of piperidine rings is 1. The summed E-state index contributed by atoms with van der Waals surface area (Å²) in [5.41, 5.74) is 0. The zero-order chi connectivity index (χ0) is 12.8. The molecule has 4 heteroatoms. The predicted octanol–water partition coefficient (Wildman–Crippen LogP) is 1.96. The van der Waals surface area contributed by atoms with Crippen LogP contribution >= 0.6 is 0 Å². The molecule has 1 aliphatic carbocycles. The van der Waals surface area contributed by atoms with Crippen LogP contribution in [0.4, 0.5) is 4.79 Å². The molecule has 1 saturated carbocycles. The maximum atomic E-state index is 12.1. The van der Waals surface area contributed by atoms with Gasteiger partial charge in [-0.3, -0.25) is 0 Å². The molecule has 0 spiro atoms. The highest BCUT2D eigenvalue weighted by atomic mass is 16.2. The van der Waals surface area contributed by atoms with Crippen molar-refractivity contribution in [3.05, 3.63) is 0 Å². The van der Waals surface area contributed by atoms with Crippen molar-refractivity contribution in [3.8, 4) is 0 Å². The second-order valence-electron chi connectivity index (χ2n) is 5.67. The molecular formula is C14H27N3O. The van der Waals surface area contributed by atoms with E-state index < -0.39 is 0 Å². The number of hydrogen-bond donors (Lipinski definition) is 2. The van der Waals surface area contributed by atoms with Crippen molar-refractivity contribution in [1.29, 1.82) is 0 Å². The minimum absolute atomic E-state index is 0.170. The van der Waals surface area contributed by atoms with E-state index in [-0.39, 0.29) is 6.03 Å². The van der Waals surface area contributed by atoms with Crippen molar-refractivity contribution >= 4 is 6.03 Å². The Morgan fingerprint density at radius 3 is 2.44 bits per heavy atom. The molecule has 1 saturated heterocycles. The lowest BCUT2D eigenvalue weighted by Gasteiger charge is -2.33. The lowest BCUT2D eigenvalue weighted by atomic mass is 9.97. The molecule has 0 bridgehead atoms. The Bertz CT molecular complexity index is 256. The van der Waals surface area contributed by atoms with E-state index in [1.54, 1.807) is 0 Å². The Balaban J connectivity index is 1.66. The molecule has 1 aliphatic heterocycles. The monoisotopic (exact) mass is 253 g/mol. The number of amides is 2. The van der Waals surface area contributed by atoms with Crippen molar-refractivity contribution in [2.24, 2.45) is 5.92 Å². The van der Waals surface area contributed by atoms with Crippen LogP contribution in [0.15, 0.2) is 0 Å². The fraction of sp³-hybridized carbons (Fsp3) is 0.929. The molecule has 1 heterocycles. The second kappa shape index (κ2) is 6.98. The Kier molecular flexibility index (Phi) is 5.29. The number of likely N-dealkylation sites (tertiary alicyclic amines) is 1. The summed E-state index contributed by atoms with van der Waals surface area (Å²) in [6, 6.07) is 0.612. The molecule has 2 amide bonds. The minimum atomic E-state index is 0.170. The fourth-order valence-corrected chi connectivity index (χ4v) is 3.02. The van der Waals surface area contributed by atoms with Gasteiger partial charge in [0.15, 0.2) is 0 Å². The van der Waals surface area contributed by atoms with Gasteiger partial charge in [0.25, 0.3) is 0 Å². The summed E-state index contributed by atoms with van der Waals surface area (Å²) in [7, 11) is 0. The van der Waals surface area contributed by atoms with E-state index in [4.69, 9.17) is 0 Å². The van der Waals surface area contributed by atoms with E-state index in [1.165, 1.54) is 25.7 Å². The predicted molar refractivity (Wildman–Crippen MR) is 73.6 cm³/mol. The van der Waals surface area contributed by atoms with Gasteiger partial charge in [0.2, 0.25) is 0 Å². The van der Waals surface area contributed by atoms with Crippen molar-refractivity contribution in [2.75, 3.05) is 26.2 Å². The quantitative estimate of drug-likeness (QED) is 0.804. The molecule has 2 rings (SSSR count). The van der Waals surface area contributed by atoms with Gasteiger partial charge in [-0.25, -0.2) is 4.79 Å². The summed E-state index contributed by atoms with van der Waals surface area (Å²) in [5, 5.41) is 6.58. The normalized spacial score (nSPS) is 22.4. The molecule has 0 aromatic carbocycles. The van der Waals surface area contributed by atoms with Gasteiger partial charge in [-0.1, -0.05) is 19.8 Å². The number of urea groups is 1. The zero-order valence-corrected chi connectivity index (χ0v) is 11.6. The Hall–Kier alpha value is -0.770. The van der Waals surface area contributed by atoms with Gasteiger partial charge in [-0.2, -0.15) is 0 Å². The first-order valence-corrected chi connectivity index (χ1v) is 7.55. The van der Waals surface area contributed by atoms with Gasteiger partial charge >= 0.3 is 6.03 Å². The number of carbonyl (C=O) groups excluding carboxylic acids is 1. The lowest BCUT2D eigenvalue weighted by molar-refractivity contribution is 0.166. The number of hydrogen-bond acceptors (Lipinski definition) is 2. The van der Waals surface area contributed by atoms with Crippen LogP contribution in [0.1, 0.15) is 45.4 Å². The maximum Gasteiger partial charge on any atom is 0.317 e. The minimum Gasteiger partial charge on any atom is -0.335 e. The van der Waals surface area contributed by atoms with Crippen LogP contribution in [0.5, 0.6) is 0 Å². The standard InChI is InChI=1S/C14H27N3O/c1-2-15-11-12-7-9-17(10-8-12)14(18)16-13-5-3-4-6-13/h12-13,15H,2-11H2,1H3,(H,16,18). The second-order valence-corrected chi connectivity index (χ2v) is 5.67. The van der Waals surface area contributed by atoms with Crippen molar-refractivity contribution in [3.63, 3.8) is 0 Å². The van der Waals surface area contributed by atoms with E-state index in [2.05, 4.69) is 17.6 Å². The van der Waals surface area contributed by atoms with E-state index in [0.717, 1.165) is 44.9 Å². The van der Waals surface area contributed by atoms with Gasteiger partial charge in [0.1, 0.15) is 0 Å². The average molecular weight is 253 g/mol. The van der Waals surface area contributed by atoms with Crippen LogP contribution in [0, 0.1) is 5.92 Å². The fourth-order valence-electron chi connectivity index (χ4n) is 3.02. The third kappa shape index (κ3) is 3.87. The smallest absolute Gasteiger partial charge is 0.317 e. The average Bonchev–Trinajstić information content (AvgIpc) is 2.89. The molecule has 4 nitrogen and oxygen atoms in total. The Labute approximate surface area is 110 Å². The number of nitrogens with zero attached hydrogens (tertiary/aromatic N) is 1. The van der Waals surface area contributed by atoms with Gasteiger partial charge in [-0.05, 0) is 44.7 Å². The SMILES string of the molecule is CCNCC1CCN(C(=O)NC2CCCC2)CC1. The van der Waals surface area contributed by atoms with Crippen molar-refractivity contribution < 1.29 is 4.79 Å². The largest absolute Gasteiger partial charge is 0.335 e. The zero-order valence-electron chi connectivity index (χ0n) is 11.6. The number of carbonyl (C=O) groups is 1. The van der Waals surface area contributed by atoms with Crippen LogP contribution in [-0.2, 0) is 0 Å². The molecule has 2 N–H and O–H groups in total. The first kappa shape index (κ1) is 13.7. The summed E-state index contributed by atoms with van der Waals surface area (Å²) >= 11 is 0. The molecule has 104 valence electrons. The third-order valence-electron chi connectivity index (χ3n) is 4.27. The van der Waals surface area contributed by atoms with Crippen LogP contribution in [0.3, 0.4) is 0 Å². The Morgan fingerprint density at radius 1 is 1.17 bits per heavy atom. The van der Waals surface area contributed by atoms with E-state index >= 15 is 0 Å². The number of rotatable bonds is 4. The van der Waals surface area contributed by atoms with Crippen LogP contribution < -0.4 is 10.6 Å². The molecule has 0 atom stereocenters. The van der Waals surface area contributed by atoms with Crippen LogP contribution in [-0.4, -0.2) is 43.2 Å². The van der Waals surface area contributed by atoms with E-state index in [1.807, 2.05) is 4.90 Å². The number of nitrogens with one attached hydrogen (secondary N) is 2. The highest BCUT2D eigenvalue weighted by Gasteiger charge is 2.25. The highest BCUT2D eigenvalue weighted by molar-refractivity contribution is 5.74. The molecule has 0 radical (unpaired) electrons. The first-order chi connectivity index (χ1) is 8.79. The topological polar surface area (TPSA) is 44.4 Å². The van der Waals surface area contributed by atoms with Gasteiger partial charge in [0, 0.05) is 19.1 Å². The summed E-state index contributed by atoms with van der Waals surface area (Å²) in [4.78, 5) is 14.1. The highest BCUT2D eigenvalue weighted by Crippen LogP contribution is 2.20. The van der Waals surface area contributed by atoms with Crippen molar-refractivity contribution in [1.82, 2.24) is 15.5 Å². The molecule has 2 aliphatic rings. The van der Waals surface area contributed by atoms with Crippen molar-refractivity contribution in [2.45, 2.75) is 51.5 Å². The summed E-state index contributed by atoms with van der Waals surface area (Å²) in [5.74, 6) is 0.750. The van der Waals surface area contributed by atoms with Gasteiger partial charge < -0.3 is 15.5 Å². The van der Waals surface area contributed by atoms with E-state index in [9.17, 15) is 4.79 Å². The molecule has 0 unspecified atom stereocenters. The molecule has 0 aromatic rings. The lowest BCUT2D eigenvalue weighted by Crippen LogP contribution is -2.48. The first-order valence-electron chi connectivity index (χ1n) is 7.55. The molecular weight excluding hydrogens is 226 g/mol. The summed E-state index contributed by atoms with van der Waals surface area (Å²) in [6.07, 6.45) is 7.17.